The molecule has 0 spiro atoms. The highest BCUT2D eigenvalue weighted by atomic mass is 16.4. The molecule has 0 aromatic carbocycles. The standard InChI is InChI=1S/C11H21NO2/c1-3-9(2)8-10(11(13)14)6-4-5-7-12/h10H,2-8,12H2,1H3,(H,13,14). The van der Waals surface area contributed by atoms with Crippen molar-refractivity contribution in [2.24, 2.45) is 11.7 Å². The van der Waals surface area contributed by atoms with Crippen LogP contribution >= 0.6 is 0 Å². The van der Waals surface area contributed by atoms with Crippen LogP contribution in [0.3, 0.4) is 0 Å². The van der Waals surface area contributed by atoms with Crippen LogP contribution in [0.2, 0.25) is 0 Å². The second-order valence-corrected chi connectivity index (χ2v) is 3.63. The molecular weight excluding hydrogens is 178 g/mol. The van der Waals surface area contributed by atoms with Crippen LogP contribution < -0.4 is 5.73 Å². The fraction of sp³-hybridized carbons (Fsp3) is 0.727. The molecule has 0 bridgehead atoms. The molecule has 0 saturated carbocycles. The smallest absolute Gasteiger partial charge is 0.306 e. The molecule has 0 aliphatic carbocycles. The summed E-state index contributed by atoms with van der Waals surface area (Å²) >= 11 is 0. The van der Waals surface area contributed by atoms with Crippen LogP contribution in [-0.2, 0) is 4.79 Å². The van der Waals surface area contributed by atoms with Gasteiger partial charge in [0.2, 0.25) is 0 Å². The Morgan fingerprint density at radius 3 is 2.57 bits per heavy atom. The van der Waals surface area contributed by atoms with Gasteiger partial charge in [0.15, 0.2) is 0 Å². The first-order valence-corrected chi connectivity index (χ1v) is 5.21. The van der Waals surface area contributed by atoms with E-state index in [0.717, 1.165) is 24.8 Å². The van der Waals surface area contributed by atoms with E-state index in [9.17, 15) is 4.79 Å². The van der Waals surface area contributed by atoms with E-state index >= 15 is 0 Å². The van der Waals surface area contributed by atoms with Crippen LogP contribution in [0.1, 0.15) is 39.0 Å². The zero-order chi connectivity index (χ0) is 11.0. The van der Waals surface area contributed by atoms with E-state index in [1.807, 2.05) is 6.92 Å². The number of hydrogen-bond acceptors (Lipinski definition) is 2. The number of aliphatic carboxylic acids is 1. The predicted molar refractivity (Wildman–Crippen MR) is 58.1 cm³/mol. The van der Waals surface area contributed by atoms with Crippen LogP contribution in [0.4, 0.5) is 0 Å². The third-order valence-electron chi connectivity index (χ3n) is 2.39. The lowest BCUT2D eigenvalue weighted by Gasteiger charge is -2.12. The van der Waals surface area contributed by atoms with Crippen molar-refractivity contribution in [1.82, 2.24) is 0 Å². The quantitative estimate of drug-likeness (QED) is 0.465. The lowest BCUT2D eigenvalue weighted by molar-refractivity contribution is -0.142. The normalized spacial score (nSPS) is 12.4. The van der Waals surface area contributed by atoms with Crippen molar-refractivity contribution in [3.05, 3.63) is 12.2 Å². The van der Waals surface area contributed by atoms with Gasteiger partial charge >= 0.3 is 5.97 Å². The van der Waals surface area contributed by atoms with Gasteiger partial charge in [0.05, 0.1) is 5.92 Å². The molecule has 3 N–H and O–H groups in total. The van der Waals surface area contributed by atoms with Crippen LogP contribution in [0.25, 0.3) is 0 Å². The summed E-state index contributed by atoms with van der Waals surface area (Å²) in [4.78, 5) is 10.9. The SMILES string of the molecule is C=C(CC)CC(CCCCN)C(=O)O. The minimum absolute atomic E-state index is 0.269. The van der Waals surface area contributed by atoms with Gasteiger partial charge < -0.3 is 10.8 Å². The van der Waals surface area contributed by atoms with E-state index in [0.29, 0.717) is 19.4 Å². The molecule has 0 rings (SSSR count). The minimum Gasteiger partial charge on any atom is -0.481 e. The Bertz CT molecular complexity index is 190. The first-order valence-electron chi connectivity index (χ1n) is 5.21. The number of allylic oxidation sites excluding steroid dienone is 1. The highest BCUT2D eigenvalue weighted by Crippen LogP contribution is 2.18. The monoisotopic (exact) mass is 199 g/mol. The van der Waals surface area contributed by atoms with Gasteiger partial charge in [-0.1, -0.05) is 25.5 Å². The van der Waals surface area contributed by atoms with Gasteiger partial charge in [0.25, 0.3) is 0 Å². The van der Waals surface area contributed by atoms with Crippen LogP contribution in [-0.4, -0.2) is 17.6 Å². The fourth-order valence-electron chi connectivity index (χ4n) is 1.34. The first-order chi connectivity index (χ1) is 6.61. The topological polar surface area (TPSA) is 63.3 Å². The van der Waals surface area contributed by atoms with Crippen LogP contribution in [0.15, 0.2) is 12.2 Å². The molecule has 14 heavy (non-hydrogen) atoms. The summed E-state index contributed by atoms with van der Waals surface area (Å²) in [6.45, 7) is 6.48. The molecule has 1 unspecified atom stereocenters. The van der Waals surface area contributed by atoms with Crippen molar-refractivity contribution >= 4 is 5.97 Å². The van der Waals surface area contributed by atoms with E-state index in [2.05, 4.69) is 6.58 Å². The van der Waals surface area contributed by atoms with E-state index in [4.69, 9.17) is 10.8 Å². The molecule has 0 saturated heterocycles. The van der Waals surface area contributed by atoms with Crippen molar-refractivity contribution in [3.63, 3.8) is 0 Å². The van der Waals surface area contributed by atoms with Crippen molar-refractivity contribution in [2.45, 2.75) is 39.0 Å². The summed E-state index contributed by atoms with van der Waals surface area (Å²) in [5, 5.41) is 8.94. The summed E-state index contributed by atoms with van der Waals surface area (Å²) in [5.74, 6) is -0.981. The Hall–Kier alpha value is -0.830. The van der Waals surface area contributed by atoms with E-state index in [1.54, 1.807) is 0 Å². The highest BCUT2D eigenvalue weighted by molar-refractivity contribution is 5.70. The number of rotatable bonds is 8. The zero-order valence-corrected chi connectivity index (χ0v) is 8.96. The summed E-state index contributed by atoms with van der Waals surface area (Å²) < 4.78 is 0. The second kappa shape index (κ2) is 7.56. The third-order valence-corrected chi connectivity index (χ3v) is 2.39. The third kappa shape index (κ3) is 5.75. The number of unbranched alkanes of at least 4 members (excludes halogenated alkanes) is 1. The molecule has 3 heteroatoms. The van der Waals surface area contributed by atoms with Gasteiger partial charge in [0.1, 0.15) is 0 Å². The summed E-state index contributed by atoms with van der Waals surface area (Å²) in [5.41, 5.74) is 6.37. The van der Waals surface area contributed by atoms with Crippen molar-refractivity contribution in [3.8, 4) is 0 Å². The number of carboxylic acids is 1. The largest absolute Gasteiger partial charge is 0.481 e. The molecule has 3 nitrogen and oxygen atoms in total. The van der Waals surface area contributed by atoms with E-state index < -0.39 is 5.97 Å². The summed E-state index contributed by atoms with van der Waals surface area (Å²) in [7, 11) is 0. The predicted octanol–water partition coefficient (Wildman–Crippen LogP) is 2.17. The Morgan fingerprint density at radius 1 is 1.50 bits per heavy atom. The van der Waals surface area contributed by atoms with E-state index in [1.165, 1.54) is 0 Å². The van der Waals surface area contributed by atoms with Crippen LogP contribution in [0, 0.1) is 5.92 Å². The van der Waals surface area contributed by atoms with Crippen LogP contribution in [0.5, 0.6) is 0 Å². The Balaban J connectivity index is 3.90. The van der Waals surface area contributed by atoms with Gasteiger partial charge in [-0.25, -0.2) is 0 Å². The first kappa shape index (κ1) is 13.2. The molecule has 0 fully saturated rings. The number of carbonyl (C=O) groups is 1. The van der Waals surface area contributed by atoms with Gasteiger partial charge in [-0.15, -0.1) is 0 Å². The van der Waals surface area contributed by atoms with Gasteiger partial charge in [-0.3, -0.25) is 4.79 Å². The molecule has 0 aliphatic heterocycles. The second-order valence-electron chi connectivity index (χ2n) is 3.63. The summed E-state index contributed by atoms with van der Waals surface area (Å²) in [6.07, 6.45) is 3.98. The number of nitrogens with two attached hydrogens (primary N) is 1. The molecule has 0 amide bonds. The molecular formula is C11H21NO2. The number of carboxylic acid groups (broad SMARTS) is 1. The maximum atomic E-state index is 10.9. The average Bonchev–Trinajstić information content (AvgIpc) is 2.16. The Morgan fingerprint density at radius 2 is 2.14 bits per heavy atom. The van der Waals surface area contributed by atoms with Crippen molar-refractivity contribution < 1.29 is 9.90 Å². The lowest BCUT2D eigenvalue weighted by Crippen LogP contribution is -2.14. The van der Waals surface area contributed by atoms with Gasteiger partial charge in [-0.05, 0) is 32.2 Å². The molecule has 0 heterocycles. The maximum Gasteiger partial charge on any atom is 0.306 e. The maximum absolute atomic E-state index is 10.9. The molecule has 0 aromatic heterocycles. The lowest BCUT2D eigenvalue weighted by atomic mass is 9.94. The molecule has 0 aromatic rings. The van der Waals surface area contributed by atoms with Crippen molar-refractivity contribution in [1.29, 1.82) is 0 Å². The number of hydrogen-bond donors (Lipinski definition) is 2. The molecule has 82 valence electrons. The van der Waals surface area contributed by atoms with E-state index in [-0.39, 0.29) is 5.92 Å². The molecule has 0 radical (unpaired) electrons. The fourth-order valence-corrected chi connectivity index (χ4v) is 1.34. The van der Waals surface area contributed by atoms with Gasteiger partial charge in [-0.2, -0.15) is 0 Å². The molecule has 1 atom stereocenters. The average molecular weight is 199 g/mol. The highest BCUT2D eigenvalue weighted by Gasteiger charge is 2.17. The zero-order valence-electron chi connectivity index (χ0n) is 8.96. The van der Waals surface area contributed by atoms with Crippen molar-refractivity contribution in [2.75, 3.05) is 6.54 Å². The Kier molecular flexibility index (Phi) is 7.11. The Labute approximate surface area is 86.0 Å². The summed E-state index contributed by atoms with van der Waals surface area (Å²) in [6, 6.07) is 0. The molecule has 0 aliphatic rings. The minimum atomic E-state index is -0.711. The van der Waals surface area contributed by atoms with Gasteiger partial charge in [0, 0.05) is 0 Å².